The number of benzene rings is 2. The van der Waals surface area contributed by atoms with E-state index in [0.29, 0.717) is 0 Å². The van der Waals surface area contributed by atoms with E-state index < -0.39 is 10.1 Å². The summed E-state index contributed by atoms with van der Waals surface area (Å²) in [6.45, 7) is 4.10. The minimum absolute atomic E-state index is 0. The van der Waals surface area contributed by atoms with E-state index in [0.717, 1.165) is 29.2 Å². The van der Waals surface area contributed by atoms with Gasteiger partial charge in [0.15, 0.2) is 0 Å². The van der Waals surface area contributed by atoms with Crippen LogP contribution in [-0.4, -0.2) is 13.0 Å². The van der Waals surface area contributed by atoms with Gasteiger partial charge in [-0.3, -0.25) is 0 Å². The van der Waals surface area contributed by atoms with Crippen molar-refractivity contribution in [2.75, 3.05) is 0 Å². The summed E-state index contributed by atoms with van der Waals surface area (Å²) in [7, 11) is -4.38. The van der Waals surface area contributed by atoms with Crippen LogP contribution in [0, 0.1) is 0 Å². The standard InChI is InChI=1S/C14H16O3S.K/c1-3-10-7-11(4-2)14-9-13(18(15,16)17)6-5-12(14)8-10;/h5-9H,3-4H2,1-2H3,(H,15,16,17);/q;+1/p-1. The Kier molecular flexibility index (Phi) is 6.19. The maximum atomic E-state index is 11.0. The number of hydrogen-bond donors (Lipinski definition) is 0. The SMILES string of the molecule is CCc1cc(CC)c2cc(S(=O)(=O)[O-])ccc2c1.[K+]. The zero-order valence-corrected chi connectivity index (χ0v) is 15.4. The first-order valence-corrected chi connectivity index (χ1v) is 7.38. The Morgan fingerprint density at radius 2 is 1.74 bits per heavy atom. The largest absolute Gasteiger partial charge is 1.00 e. The zero-order valence-electron chi connectivity index (χ0n) is 11.4. The van der Waals surface area contributed by atoms with Crippen molar-refractivity contribution in [3.63, 3.8) is 0 Å². The first-order chi connectivity index (χ1) is 8.45. The zero-order chi connectivity index (χ0) is 13.3. The fourth-order valence-corrected chi connectivity index (χ4v) is 2.63. The van der Waals surface area contributed by atoms with Gasteiger partial charge in [-0.05, 0) is 46.9 Å². The van der Waals surface area contributed by atoms with Crippen molar-refractivity contribution < 1.29 is 64.4 Å². The van der Waals surface area contributed by atoms with Gasteiger partial charge in [-0.1, -0.05) is 32.0 Å². The second kappa shape index (κ2) is 6.80. The first kappa shape index (κ1) is 17.3. The summed E-state index contributed by atoms with van der Waals surface area (Å²) in [6, 6.07) is 8.68. The number of rotatable bonds is 3. The second-order valence-corrected chi connectivity index (χ2v) is 5.68. The van der Waals surface area contributed by atoms with Crippen LogP contribution in [0.5, 0.6) is 0 Å². The predicted molar refractivity (Wildman–Crippen MR) is 70.7 cm³/mol. The summed E-state index contributed by atoms with van der Waals surface area (Å²) >= 11 is 0. The molecular weight excluding hydrogens is 287 g/mol. The van der Waals surface area contributed by atoms with Gasteiger partial charge < -0.3 is 4.55 Å². The fraction of sp³-hybridized carbons (Fsp3) is 0.286. The van der Waals surface area contributed by atoms with Crippen molar-refractivity contribution in [1.29, 1.82) is 0 Å². The third-order valence-electron chi connectivity index (χ3n) is 3.15. The van der Waals surface area contributed by atoms with Crippen LogP contribution >= 0.6 is 0 Å². The molecule has 0 saturated carbocycles. The van der Waals surface area contributed by atoms with Crippen molar-refractivity contribution in [2.24, 2.45) is 0 Å². The van der Waals surface area contributed by atoms with E-state index in [9.17, 15) is 13.0 Å². The molecule has 3 nitrogen and oxygen atoms in total. The molecule has 19 heavy (non-hydrogen) atoms. The van der Waals surface area contributed by atoms with E-state index in [4.69, 9.17) is 0 Å². The molecule has 0 N–H and O–H groups in total. The van der Waals surface area contributed by atoms with Crippen LogP contribution in [0.25, 0.3) is 10.8 Å². The van der Waals surface area contributed by atoms with Crippen molar-refractivity contribution in [3.8, 4) is 0 Å². The molecule has 0 radical (unpaired) electrons. The molecule has 0 spiro atoms. The maximum absolute atomic E-state index is 11.0. The van der Waals surface area contributed by atoms with Gasteiger partial charge in [-0.25, -0.2) is 8.42 Å². The van der Waals surface area contributed by atoms with Gasteiger partial charge >= 0.3 is 51.4 Å². The Balaban J connectivity index is 0.00000180. The quantitative estimate of drug-likeness (QED) is 0.586. The van der Waals surface area contributed by atoms with Crippen LogP contribution in [0.2, 0.25) is 0 Å². The maximum Gasteiger partial charge on any atom is 1.00 e. The van der Waals surface area contributed by atoms with Crippen molar-refractivity contribution >= 4 is 20.9 Å². The fourth-order valence-electron chi connectivity index (χ4n) is 2.13. The van der Waals surface area contributed by atoms with Crippen LogP contribution in [-0.2, 0) is 23.0 Å². The number of fused-ring (bicyclic) bond motifs is 1. The average Bonchev–Trinajstić information content (AvgIpc) is 2.35. The first-order valence-electron chi connectivity index (χ1n) is 5.97. The van der Waals surface area contributed by atoms with Crippen LogP contribution < -0.4 is 51.4 Å². The van der Waals surface area contributed by atoms with Gasteiger partial charge in [-0.2, -0.15) is 0 Å². The van der Waals surface area contributed by atoms with Gasteiger partial charge in [0.05, 0.1) is 4.90 Å². The Hall–Kier alpha value is 0.246. The normalized spacial score (nSPS) is 11.3. The van der Waals surface area contributed by atoms with Gasteiger partial charge in [0, 0.05) is 0 Å². The molecule has 0 saturated heterocycles. The summed E-state index contributed by atoms with van der Waals surface area (Å²) in [5, 5.41) is 1.84. The monoisotopic (exact) mass is 302 g/mol. The molecule has 0 aliphatic carbocycles. The summed E-state index contributed by atoms with van der Waals surface area (Å²) in [6.07, 6.45) is 1.75. The molecule has 0 bridgehead atoms. The topological polar surface area (TPSA) is 57.2 Å². The van der Waals surface area contributed by atoms with Crippen molar-refractivity contribution in [3.05, 3.63) is 41.5 Å². The molecule has 2 aromatic rings. The Morgan fingerprint density at radius 1 is 1.05 bits per heavy atom. The number of hydrogen-bond acceptors (Lipinski definition) is 3. The summed E-state index contributed by atoms with van der Waals surface area (Å²) < 4.78 is 33.1. The molecule has 0 aliphatic rings. The molecule has 0 aromatic heterocycles. The molecule has 0 aliphatic heterocycles. The van der Waals surface area contributed by atoms with E-state index in [1.807, 2.05) is 13.0 Å². The summed E-state index contributed by atoms with van der Waals surface area (Å²) in [5.41, 5.74) is 2.30. The molecule has 2 rings (SSSR count). The van der Waals surface area contributed by atoms with E-state index in [1.165, 1.54) is 17.7 Å². The smallest absolute Gasteiger partial charge is 0.744 e. The molecule has 0 amide bonds. The Morgan fingerprint density at radius 3 is 2.26 bits per heavy atom. The van der Waals surface area contributed by atoms with Gasteiger partial charge in [0.2, 0.25) is 0 Å². The third kappa shape index (κ3) is 3.88. The molecular formula is C14H15KO3S. The van der Waals surface area contributed by atoms with Crippen LogP contribution in [0.3, 0.4) is 0 Å². The summed E-state index contributed by atoms with van der Waals surface area (Å²) in [5.74, 6) is 0. The van der Waals surface area contributed by atoms with Crippen molar-refractivity contribution in [1.82, 2.24) is 0 Å². The summed E-state index contributed by atoms with van der Waals surface area (Å²) in [4.78, 5) is -0.158. The molecule has 0 fully saturated rings. The molecule has 5 heteroatoms. The minimum atomic E-state index is -4.38. The molecule has 96 valence electrons. The number of aryl methyl sites for hydroxylation is 2. The Labute approximate surface area is 156 Å². The average molecular weight is 302 g/mol. The molecule has 0 heterocycles. The second-order valence-electron chi connectivity index (χ2n) is 4.30. The van der Waals surface area contributed by atoms with Crippen LogP contribution in [0.1, 0.15) is 25.0 Å². The van der Waals surface area contributed by atoms with Crippen molar-refractivity contribution in [2.45, 2.75) is 31.6 Å². The van der Waals surface area contributed by atoms with Gasteiger partial charge in [-0.15, -0.1) is 0 Å². The van der Waals surface area contributed by atoms with Gasteiger partial charge in [0.25, 0.3) is 0 Å². The van der Waals surface area contributed by atoms with E-state index in [2.05, 4.69) is 13.0 Å². The van der Waals surface area contributed by atoms with E-state index in [1.54, 1.807) is 6.07 Å². The predicted octanol–water partition coefficient (Wildman–Crippen LogP) is -0.127. The molecule has 0 atom stereocenters. The molecule has 2 aromatic carbocycles. The van der Waals surface area contributed by atoms with E-state index >= 15 is 0 Å². The molecule has 0 unspecified atom stereocenters. The van der Waals surface area contributed by atoms with Crippen LogP contribution in [0.15, 0.2) is 35.2 Å². The van der Waals surface area contributed by atoms with Crippen LogP contribution in [0.4, 0.5) is 0 Å². The Bertz CT molecular complexity index is 693. The third-order valence-corrected chi connectivity index (χ3v) is 3.98. The van der Waals surface area contributed by atoms with Gasteiger partial charge in [0.1, 0.15) is 10.1 Å². The minimum Gasteiger partial charge on any atom is -0.744 e. The van der Waals surface area contributed by atoms with E-state index in [-0.39, 0.29) is 56.3 Å².